The number of rotatable bonds is 9. The summed E-state index contributed by atoms with van der Waals surface area (Å²) < 4.78 is 21.4. The van der Waals surface area contributed by atoms with Crippen LogP contribution in [0.5, 0.6) is 23.0 Å². The summed E-state index contributed by atoms with van der Waals surface area (Å²) >= 11 is 0. The molecule has 4 N–H and O–H groups in total. The van der Waals surface area contributed by atoms with Crippen molar-refractivity contribution in [1.82, 2.24) is 5.32 Å². The maximum Gasteiger partial charge on any atom is 0.196 e. The van der Waals surface area contributed by atoms with Gasteiger partial charge in [-0.2, -0.15) is 0 Å². The number of nitrogens with zero attached hydrogens (tertiary/aromatic N) is 1. The molecule has 34 heavy (non-hydrogen) atoms. The van der Waals surface area contributed by atoms with E-state index >= 15 is 0 Å². The van der Waals surface area contributed by atoms with Crippen molar-refractivity contribution in [2.45, 2.75) is 6.54 Å². The largest absolute Gasteiger partial charge is 0.493 e. The normalized spacial score (nSPS) is 11.6. The minimum Gasteiger partial charge on any atom is -0.493 e. The Hall–Kier alpha value is -3.91. The number of fused-ring (bicyclic) bond motifs is 1. The van der Waals surface area contributed by atoms with E-state index in [1.54, 1.807) is 14.2 Å². The molecule has 0 spiro atoms. The van der Waals surface area contributed by atoms with Crippen LogP contribution in [-0.2, 0) is 6.54 Å². The Labute approximate surface area is 200 Å². The van der Waals surface area contributed by atoms with Crippen LogP contribution < -0.4 is 35.3 Å². The molecule has 180 valence electrons. The molecule has 0 aromatic heterocycles. The second kappa shape index (κ2) is 13.6. The fraction of sp³-hybridized carbons (Fsp3) is 0.269. The number of aliphatic imine (C=N–C) groups is 1. The van der Waals surface area contributed by atoms with Gasteiger partial charge in [0.25, 0.3) is 0 Å². The Morgan fingerprint density at radius 1 is 0.794 bits per heavy atom. The highest BCUT2D eigenvalue weighted by Gasteiger charge is 2.10. The summed E-state index contributed by atoms with van der Waals surface area (Å²) in [6, 6.07) is 23.3. The number of hydrogen-bond acceptors (Lipinski definition) is 8. The van der Waals surface area contributed by atoms with Crippen LogP contribution in [0.2, 0.25) is 0 Å². The molecule has 0 saturated heterocycles. The molecule has 0 bridgehead atoms. The van der Waals surface area contributed by atoms with Gasteiger partial charge in [0, 0.05) is 12.2 Å². The van der Waals surface area contributed by atoms with Gasteiger partial charge in [0.15, 0.2) is 29.0 Å². The summed E-state index contributed by atoms with van der Waals surface area (Å²) in [7, 11) is 3.25. The molecular weight excluding hydrogens is 432 g/mol. The topological polar surface area (TPSA) is 99.4 Å². The quantitative estimate of drug-likeness (QED) is 0.416. The SMILES string of the molecule is COc1ccccc1OCCN.COc1ccccc1OCCNC1=NCc2ccccc2N1. The summed E-state index contributed by atoms with van der Waals surface area (Å²) in [6.45, 7) is 2.91. The molecule has 1 aliphatic heterocycles. The third-order valence-corrected chi connectivity index (χ3v) is 4.84. The zero-order chi connectivity index (χ0) is 24.0. The predicted molar refractivity (Wildman–Crippen MR) is 135 cm³/mol. The van der Waals surface area contributed by atoms with E-state index in [0.717, 1.165) is 34.6 Å². The minimum absolute atomic E-state index is 0.512. The number of guanidine groups is 1. The first-order valence-electron chi connectivity index (χ1n) is 11.1. The Balaban J connectivity index is 0.000000229. The van der Waals surface area contributed by atoms with Crippen molar-refractivity contribution in [3.63, 3.8) is 0 Å². The second-order valence-corrected chi connectivity index (χ2v) is 7.16. The Kier molecular flexibility index (Phi) is 9.89. The molecule has 0 fully saturated rings. The first-order chi connectivity index (χ1) is 16.7. The lowest BCUT2D eigenvalue weighted by atomic mass is 10.1. The smallest absolute Gasteiger partial charge is 0.196 e. The van der Waals surface area contributed by atoms with Gasteiger partial charge in [-0.25, -0.2) is 4.99 Å². The summed E-state index contributed by atoms with van der Waals surface area (Å²) in [5, 5.41) is 6.52. The van der Waals surface area contributed by atoms with Crippen molar-refractivity contribution in [3.8, 4) is 23.0 Å². The molecule has 3 aromatic rings. The van der Waals surface area contributed by atoms with Crippen molar-refractivity contribution in [2.75, 3.05) is 45.8 Å². The summed E-state index contributed by atoms with van der Waals surface area (Å²) in [6.07, 6.45) is 0. The monoisotopic (exact) mass is 464 g/mol. The minimum atomic E-state index is 0.512. The van der Waals surface area contributed by atoms with Crippen LogP contribution in [0.4, 0.5) is 5.69 Å². The number of anilines is 1. The lowest BCUT2D eigenvalue weighted by Crippen LogP contribution is -2.35. The van der Waals surface area contributed by atoms with Crippen LogP contribution in [0.15, 0.2) is 77.8 Å². The van der Waals surface area contributed by atoms with Gasteiger partial charge >= 0.3 is 0 Å². The maximum absolute atomic E-state index is 5.72. The average Bonchev–Trinajstić information content (AvgIpc) is 2.90. The molecule has 0 radical (unpaired) electrons. The molecule has 0 aliphatic carbocycles. The zero-order valence-electron chi connectivity index (χ0n) is 19.6. The third-order valence-electron chi connectivity index (χ3n) is 4.84. The van der Waals surface area contributed by atoms with Gasteiger partial charge in [0.2, 0.25) is 0 Å². The van der Waals surface area contributed by atoms with Gasteiger partial charge in [-0.1, -0.05) is 42.5 Å². The summed E-state index contributed by atoms with van der Waals surface area (Å²) in [4.78, 5) is 4.46. The molecule has 0 unspecified atom stereocenters. The van der Waals surface area contributed by atoms with Gasteiger partial charge in [0.05, 0.1) is 27.3 Å². The van der Waals surface area contributed by atoms with Crippen LogP contribution in [0, 0.1) is 0 Å². The number of methoxy groups -OCH3 is 2. The van der Waals surface area contributed by atoms with Crippen molar-refractivity contribution in [3.05, 3.63) is 78.4 Å². The van der Waals surface area contributed by atoms with Crippen LogP contribution in [0.25, 0.3) is 0 Å². The first kappa shape index (κ1) is 24.7. The predicted octanol–water partition coefficient (Wildman–Crippen LogP) is 3.68. The Morgan fingerprint density at radius 3 is 1.97 bits per heavy atom. The number of nitrogens with two attached hydrogens (primary N) is 1. The van der Waals surface area contributed by atoms with E-state index in [2.05, 4.69) is 27.8 Å². The van der Waals surface area contributed by atoms with Crippen molar-refractivity contribution in [1.29, 1.82) is 0 Å². The van der Waals surface area contributed by atoms with E-state index in [9.17, 15) is 0 Å². The fourth-order valence-corrected chi connectivity index (χ4v) is 3.19. The molecule has 4 rings (SSSR count). The van der Waals surface area contributed by atoms with Gasteiger partial charge < -0.3 is 35.3 Å². The maximum atomic E-state index is 5.72. The zero-order valence-corrected chi connectivity index (χ0v) is 19.6. The standard InChI is InChI=1S/C17H19N3O2.C9H13NO2/c1-21-15-8-4-5-9-16(15)22-11-10-18-17-19-12-13-6-2-3-7-14(13)20-17;1-11-8-4-2-3-5-9(8)12-7-6-10/h2-9H,10-12H2,1H3,(H2,18,19,20);2-5H,6-7,10H2,1H3. The molecule has 0 atom stereocenters. The number of para-hydroxylation sites is 5. The van der Waals surface area contributed by atoms with Crippen molar-refractivity contribution in [2.24, 2.45) is 10.7 Å². The molecule has 1 heterocycles. The van der Waals surface area contributed by atoms with E-state index in [4.69, 9.17) is 24.7 Å². The van der Waals surface area contributed by atoms with Gasteiger partial charge in [-0.05, 0) is 35.9 Å². The van der Waals surface area contributed by atoms with Gasteiger partial charge in [-0.3, -0.25) is 0 Å². The first-order valence-corrected chi connectivity index (χ1v) is 11.1. The lowest BCUT2D eigenvalue weighted by Gasteiger charge is -2.19. The Morgan fingerprint density at radius 2 is 1.35 bits per heavy atom. The van der Waals surface area contributed by atoms with Crippen molar-refractivity contribution < 1.29 is 18.9 Å². The van der Waals surface area contributed by atoms with Crippen LogP contribution >= 0.6 is 0 Å². The summed E-state index contributed by atoms with van der Waals surface area (Å²) in [5.41, 5.74) is 7.61. The molecular formula is C26H32N4O4. The third kappa shape index (κ3) is 7.31. The van der Waals surface area contributed by atoms with Gasteiger partial charge in [-0.15, -0.1) is 0 Å². The highest BCUT2D eigenvalue weighted by molar-refractivity contribution is 5.95. The summed E-state index contributed by atoms with van der Waals surface area (Å²) in [5.74, 6) is 3.75. The van der Waals surface area contributed by atoms with Crippen LogP contribution in [0.3, 0.4) is 0 Å². The second-order valence-electron chi connectivity index (χ2n) is 7.16. The van der Waals surface area contributed by atoms with Crippen LogP contribution in [-0.4, -0.2) is 46.5 Å². The van der Waals surface area contributed by atoms with Crippen LogP contribution in [0.1, 0.15) is 5.56 Å². The van der Waals surface area contributed by atoms with E-state index in [-0.39, 0.29) is 0 Å². The molecule has 3 aromatic carbocycles. The van der Waals surface area contributed by atoms with E-state index in [0.29, 0.717) is 32.8 Å². The number of ether oxygens (including phenoxy) is 4. The van der Waals surface area contributed by atoms with Crippen molar-refractivity contribution >= 4 is 11.6 Å². The molecule has 1 aliphatic rings. The lowest BCUT2D eigenvalue weighted by molar-refractivity contribution is 0.298. The highest BCUT2D eigenvalue weighted by atomic mass is 16.5. The van der Waals surface area contributed by atoms with E-state index in [1.165, 1.54) is 5.56 Å². The molecule has 8 heteroatoms. The average molecular weight is 465 g/mol. The van der Waals surface area contributed by atoms with E-state index < -0.39 is 0 Å². The number of benzene rings is 3. The molecule has 8 nitrogen and oxygen atoms in total. The fourth-order valence-electron chi connectivity index (χ4n) is 3.19. The molecule has 0 saturated carbocycles. The number of hydrogen-bond donors (Lipinski definition) is 3. The molecule has 0 amide bonds. The van der Waals surface area contributed by atoms with Gasteiger partial charge in [0.1, 0.15) is 13.2 Å². The van der Waals surface area contributed by atoms with E-state index in [1.807, 2.05) is 60.7 Å². The highest BCUT2D eigenvalue weighted by Crippen LogP contribution is 2.26. The Bertz CT molecular complexity index is 1060. The number of nitrogens with one attached hydrogen (secondary N) is 2.